The zero-order valence-electron chi connectivity index (χ0n) is 10.3. The molecule has 0 fully saturated rings. The van der Waals surface area contributed by atoms with Crippen LogP contribution in [0, 0.1) is 5.82 Å². The first-order valence-corrected chi connectivity index (χ1v) is 5.95. The molecular formula is C13H16FN3O. The molecule has 0 spiro atoms. The van der Waals surface area contributed by atoms with Gasteiger partial charge in [-0.15, -0.1) is 5.10 Å². The van der Waals surface area contributed by atoms with Crippen molar-refractivity contribution in [2.75, 3.05) is 0 Å². The second-order valence-corrected chi connectivity index (χ2v) is 4.40. The van der Waals surface area contributed by atoms with Crippen LogP contribution in [0.2, 0.25) is 0 Å². The highest BCUT2D eigenvalue weighted by atomic mass is 19.1. The average molecular weight is 249 g/mol. The lowest BCUT2D eigenvalue weighted by atomic mass is 10.1. The number of aryl methyl sites for hydroxylation is 2. The summed E-state index contributed by atoms with van der Waals surface area (Å²) in [5.41, 5.74) is 1.84. The maximum Gasteiger partial charge on any atom is 0.123 e. The third-order valence-corrected chi connectivity index (χ3v) is 2.63. The average Bonchev–Trinajstić information content (AvgIpc) is 2.75. The number of aliphatic hydroxyl groups excluding tert-OH is 1. The van der Waals surface area contributed by atoms with Crippen molar-refractivity contribution in [1.82, 2.24) is 15.0 Å². The van der Waals surface area contributed by atoms with E-state index in [2.05, 4.69) is 10.3 Å². The molecule has 0 bridgehead atoms. The number of nitrogens with zero attached hydrogens (tertiary/aromatic N) is 3. The van der Waals surface area contributed by atoms with Gasteiger partial charge in [-0.05, 0) is 31.0 Å². The largest absolute Gasteiger partial charge is 0.393 e. The lowest BCUT2D eigenvalue weighted by Gasteiger charge is -2.01. The van der Waals surface area contributed by atoms with Crippen LogP contribution in [0.3, 0.4) is 0 Å². The first-order chi connectivity index (χ1) is 8.63. The van der Waals surface area contributed by atoms with Crippen LogP contribution in [0.15, 0.2) is 30.5 Å². The minimum absolute atomic E-state index is 0.223. The van der Waals surface area contributed by atoms with E-state index in [1.165, 1.54) is 12.1 Å². The predicted molar refractivity (Wildman–Crippen MR) is 65.5 cm³/mol. The van der Waals surface area contributed by atoms with E-state index in [1.54, 1.807) is 23.7 Å². The molecule has 1 aromatic heterocycles. The van der Waals surface area contributed by atoms with Gasteiger partial charge in [0.1, 0.15) is 5.82 Å². The molecule has 2 aromatic rings. The van der Waals surface area contributed by atoms with E-state index in [0.29, 0.717) is 13.0 Å². The number of hydrogen-bond acceptors (Lipinski definition) is 3. The van der Waals surface area contributed by atoms with Crippen molar-refractivity contribution in [3.05, 3.63) is 47.5 Å². The van der Waals surface area contributed by atoms with E-state index in [-0.39, 0.29) is 5.82 Å². The summed E-state index contributed by atoms with van der Waals surface area (Å²) >= 11 is 0. The third kappa shape index (κ3) is 3.63. The van der Waals surface area contributed by atoms with E-state index in [9.17, 15) is 9.50 Å². The summed E-state index contributed by atoms with van der Waals surface area (Å²) in [7, 11) is 0. The Bertz CT molecular complexity index is 493. The molecule has 4 nitrogen and oxygen atoms in total. The minimum Gasteiger partial charge on any atom is -0.393 e. The summed E-state index contributed by atoms with van der Waals surface area (Å²) in [6.07, 6.45) is 2.71. The molecule has 18 heavy (non-hydrogen) atoms. The second kappa shape index (κ2) is 5.73. The first kappa shape index (κ1) is 12.7. The Labute approximate surface area is 105 Å². The monoisotopic (exact) mass is 249 g/mol. The molecule has 5 heteroatoms. The van der Waals surface area contributed by atoms with Crippen LogP contribution in [0.4, 0.5) is 4.39 Å². The summed E-state index contributed by atoms with van der Waals surface area (Å²) in [6, 6.07) is 6.44. The minimum atomic E-state index is -0.410. The smallest absolute Gasteiger partial charge is 0.123 e. The number of benzene rings is 1. The van der Waals surface area contributed by atoms with Crippen LogP contribution in [0.5, 0.6) is 0 Å². The van der Waals surface area contributed by atoms with E-state index in [0.717, 1.165) is 17.7 Å². The number of aliphatic hydroxyl groups is 1. The zero-order chi connectivity index (χ0) is 13.0. The fourth-order valence-corrected chi connectivity index (χ4v) is 1.74. The molecule has 1 atom stereocenters. The van der Waals surface area contributed by atoms with Crippen molar-refractivity contribution < 1.29 is 9.50 Å². The number of rotatable bonds is 5. The van der Waals surface area contributed by atoms with Crippen LogP contribution in [-0.2, 0) is 19.4 Å². The van der Waals surface area contributed by atoms with E-state index in [1.807, 2.05) is 6.20 Å². The van der Waals surface area contributed by atoms with Crippen LogP contribution < -0.4 is 0 Å². The van der Waals surface area contributed by atoms with Gasteiger partial charge < -0.3 is 5.11 Å². The standard InChI is InChI=1S/C13H16FN3O/c1-10(18)8-13-9-17(16-15-13)7-6-11-2-4-12(14)5-3-11/h2-5,9-10,18H,6-8H2,1H3. The number of hydrogen-bond donors (Lipinski definition) is 1. The van der Waals surface area contributed by atoms with Gasteiger partial charge in [0.05, 0.1) is 11.8 Å². The van der Waals surface area contributed by atoms with Crippen molar-refractivity contribution in [3.63, 3.8) is 0 Å². The van der Waals surface area contributed by atoms with Gasteiger partial charge in [0.25, 0.3) is 0 Å². The summed E-state index contributed by atoms with van der Waals surface area (Å²) in [6.45, 7) is 2.41. The quantitative estimate of drug-likeness (QED) is 0.875. The van der Waals surface area contributed by atoms with Gasteiger partial charge in [-0.2, -0.15) is 0 Å². The summed E-state index contributed by atoms with van der Waals surface area (Å²) < 4.78 is 14.5. The Balaban J connectivity index is 1.90. The highest BCUT2D eigenvalue weighted by Crippen LogP contribution is 2.05. The van der Waals surface area contributed by atoms with Crippen LogP contribution in [0.1, 0.15) is 18.2 Å². The number of aromatic nitrogens is 3. The third-order valence-electron chi connectivity index (χ3n) is 2.63. The molecule has 96 valence electrons. The maximum atomic E-state index is 12.7. The molecule has 0 saturated heterocycles. The van der Waals surface area contributed by atoms with Gasteiger partial charge in [-0.1, -0.05) is 17.3 Å². The van der Waals surface area contributed by atoms with Gasteiger partial charge in [0.2, 0.25) is 0 Å². The van der Waals surface area contributed by atoms with E-state index >= 15 is 0 Å². The Morgan fingerprint density at radius 2 is 2.06 bits per heavy atom. The molecule has 1 heterocycles. The van der Waals surface area contributed by atoms with Gasteiger partial charge in [0, 0.05) is 19.2 Å². The van der Waals surface area contributed by atoms with E-state index < -0.39 is 6.10 Å². The SMILES string of the molecule is CC(O)Cc1cn(CCc2ccc(F)cc2)nn1. The fourth-order valence-electron chi connectivity index (χ4n) is 1.74. The lowest BCUT2D eigenvalue weighted by molar-refractivity contribution is 0.194. The Morgan fingerprint density at radius 1 is 1.33 bits per heavy atom. The van der Waals surface area contributed by atoms with Crippen molar-refractivity contribution in [1.29, 1.82) is 0 Å². The van der Waals surface area contributed by atoms with Crippen LogP contribution in [-0.4, -0.2) is 26.2 Å². The predicted octanol–water partition coefficient (Wildman–Crippen LogP) is 1.58. The Morgan fingerprint density at radius 3 is 2.72 bits per heavy atom. The van der Waals surface area contributed by atoms with Gasteiger partial charge in [0.15, 0.2) is 0 Å². The topological polar surface area (TPSA) is 50.9 Å². The van der Waals surface area contributed by atoms with Gasteiger partial charge in [-0.25, -0.2) is 4.39 Å². The van der Waals surface area contributed by atoms with Gasteiger partial charge in [-0.3, -0.25) is 4.68 Å². The van der Waals surface area contributed by atoms with Crippen molar-refractivity contribution in [3.8, 4) is 0 Å². The van der Waals surface area contributed by atoms with Gasteiger partial charge >= 0.3 is 0 Å². The maximum absolute atomic E-state index is 12.7. The van der Waals surface area contributed by atoms with E-state index in [4.69, 9.17) is 0 Å². The second-order valence-electron chi connectivity index (χ2n) is 4.40. The molecule has 0 aliphatic heterocycles. The lowest BCUT2D eigenvalue weighted by Crippen LogP contribution is -2.04. The molecular weight excluding hydrogens is 233 g/mol. The highest BCUT2D eigenvalue weighted by Gasteiger charge is 2.04. The van der Waals surface area contributed by atoms with Crippen LogP contribution >= 0.6 is 0 Å². The summed E-state index contributed by atoms with van der Waals surface area (Å²) in [5, 5.41) is 17.2. The fraction of sp³-hybridized carbons (Fsp3) is 0.385. The molecule has 0 aliphatic rings. The van der Waals surface area contributed by atoms with Crippen molar-refractivity contribution in [2.24, 2.45) is 0 Å². The molecule has 1 unspecified atom stereocenters. The summed E-state index contributed by atoms with van der Waals surface area (Å²) in [5.74, 6) is -0.223. The highest BCUT2D eigenvalue weighted by molar-refractivity contribution is 5.16. The van der Waals surface area contributed by atoms with Crippen molar-refractivity contribution in [2.45, 2.75) is 32.4 Å². The molecule has 1 N–H and O–H groups in total. The molecule has 1 aromatic carbocycles. The molecule has 2 rings (SSSR count). The number of halogens is 1. The molecule has 0 saturated carbocycles. The normalized spacial score (nSPS) is 12.6. The van der Waals surface area contributed by atoms with Crippen LogP contribution in [0.25, 0.3) is 0 Å². The first-order valence-electron chi connectivity index (χ1n) is 5.95. The summed E-state index contributed by atoms with van der Waals surface area (Å²) in [4.78, 5) is 0. The molecule has 0 aliphatic carbocycles. The Kier molecular flexibility index (Phi) is 4.04. The molecule has 0 radical (unpaired) electrons. The molecule has 0 amide bonds. The van der Waals surface area contributed by atoms with Crippen molar-refractivity contribution >= 4 is 0 Å². The zero-order valence-corrected chi connectivity index (χ0v) is 10.3. The Hall–Kier alpha value is -1.75.